The van der Waals surface area contributed by atoms with Crippen molar-refractivity contribution in [3.63, 3.8) is 0 Å². The van der Waals surface area contributed by atoms with Crippen LogP contribution in [-0.4, -0.2) is 19.3 Å². The van der Waals surface area contributed by atoms with E-state index in [0.717, 1.165) is 58.0 Å². The lowest BCUT2D eigenvalue weighted by atomic mass is 9.86. The van der Waals surface area contributed by atoms with E-state index in [9.17, 15) is 0 Å². The normalized spacial score (nSPS) is 11.8. The minimum absolute atomic E-state index is 0.567. The number of benzene rings is 4. The highest BCUT2D eigenvalue weighted by Gasteiger charge is 2.18. The molecule has 0 aliphatic heterocycles. The lowest BCUT2D eigenvalue weighted by Gasteiger charge is -2.18. The molecular weight excluding hydrogens is 589 g/mol. The zero-order chi connectivity index (χ0) is 33.5. The summed E-state index contributed by atoms with van der Waals surface area (Å²) in [5.41, 5.74) is 12.1. The van der Waals surface area contributed by atoms with Crippen LogP contribution in [0.2, 0.25) is 0 Å². The zero-order valence-electron chi connectivity index (χ0n) is 29.1. The predicted octanol–water partition coefficient (Wildman–Crippen LogP) is 11.1. The molecule has 4 aromatic carbocycles. The van der Waals surface area contributed by atoms with Gasteiger partial charge in [-0.25, -0.2) is 9.67 Å². The van der Waals surface area contributed by atoms with Crippen LogP contribution < -0.4 is 4.74 Å². The average molecular weight is 633 g/mol. The molecular formula is C43H44N4O. The minimum atomic E-state index is 0.567. The third-order valence-electron chi connectivity index (χ3n) is 8.88. The van der Waals surface area contributed by atoms with E-state index >= 15 is 0 Å². The summed E-state index contributed by atoms with van der Waals surface area (Å²) in [4.78, 5) is 4.73. The van der Waals surface area contributed by atoms with E-state index in [1.165, 1.54) is 38.6 Å². The summed E-state index contributed by atoms with van der Waals surface area (Å²) >= 11 is 0. The Bertz CT molecular complexity index is 2240. The van der Waals surface area contributed by atoms with Gasteiger partial charge in [-0.15, -0.1) is 0 Å². The number of pyridine rings is 1. The highest BCUT2D eigenvalue weighted by Crippen LogP contribution is 2.36. The number of ether oxygens (including phenoxy) is 1. The summed E-state index contributed by atoms with van der Waals surface area (Å²) in [6.45, 7) is 15.6. The van der Waals surface area contributed by atoms with Gasteiger partial charge in [0.15, 0.2) is 0 Å². The lowest BCUT2D eigenvalue weighted by Crippen LogP contribution is -2.04. The van der Waals surface area contributed by atoms with Crippen LogP contribution in [-0.2, 0) is 12.8 Å². The van der Waals surface area contributed by atoms with Crippen molar-refractivity contribution in [2.24, 2.45) is 11.8 Å². The van der Waals surface area contributed by atoms with Crippen molar-refractivity contribution in [3.05, 3.63) is 131 Å². The summed E-state index contributed by atoms with van der Waals surface area (Å²) in [5.74, 6) is 3.57. The van der Waals surface area contributed by atoms with Gasteiger partial charge in [-0.05, 0) is 116 Å². The quantitative estimate of drug-likeness (QED) is 0.159. The molecule has 0 unspecified atom stereocenters. The molecule has 7 rings (SSSR count). The molecule has 0 amide bonds. The molecule has 0 bridgehead atoms. The van der Waals surface area contributed by atoms with Gasteiger partial charge in [0.25, 0.3) is 0 Å². The molecule has 0 aliphatic rings. The van der Waals surface area contributed by atoms with Crippen LogP contribution in [0.4, 0.5) is 0 Å². The van der Waals surface area contributed by atoms with Gasteiger partial charge in [-0.1, -0.05) is 63.6 Å². The van der Waals surface area contributed by atoms with Crippen LogP contribution in [0.3, 0.4) is 0 Å². The largest absolute Gasteiger partial charge is 0.457 e. The molecule has 0 saturated carbocycles. The maximum absolute atomic E-state index is 6.60. The fraction of sp³-hybridized carbons (Fsp3) is 0.256. The van der Waals surface area contributed by atoms with Crippen LogP contribution in [0.25, 0.3) is 44.4 Å². The lowest BCUT2D eigenvalue weighted by molar-refractivity contribution is 0.482. The van der Waals surface area contributed by atoms with Crippen LogP contribution in [0.15, 0.2) is 104 Å². The van der Waals surface area contributed by atoms with Crippen molar-refractivity contribution in [1.82, 2.24) is 19.3 Å². The summed E-state index contributed by atoms with van der Waals surface area (Å²) in [7, 11) is 0. The third-order valence-corrected chi connectivity index (χ3v) is 8.88. The Morgan fingerprint density at radius 3 is 2.10 bits per heavy atom. The van der Waals surface area contributed by atoms with Gasteiger partial charge in [0.05, 0.1) is 22.9 Å². The van der Waals surface area contributed by atoms with Crippen LogP contribution in [0, 0.1) is 32.6 Å². The van der Waals surface area contributed by atoms with E-state index in [-0.39, 0.29) is 0 Å². The molecule has 3 aromatic heterocycles. The van der Waals surface area contributed by atoms with Gasteiger partial charge in [0.2, 0.25) is 0 Å². The molecule has 0 fully saturated rings. The number of para-hydroxylation sites is 1. The Balaban J connectivity index is 1.26. The number of aromatic nitrogens is 4. The Morgan fingerprint density at radius 1 is 0.667 bits per heavy atom. The number of fused-ring (bicyclic) bond motifs is 3. The van der Waals surface area contributed by atoms with Crippen molar-refractivity contribution in [2.45, 2.75) is 61.3 Å². The van der Waals surface area contributed by atoms with Crippen molar-refractivity contribution < 1.29 is 4.74 Å². The molecule has 0 aliphatic carbocycles. The maximum atomic E-state index is 6.60. The van der Waals surface area contributed by atoms with Gasteiger partial charge in [0, 0.05) is 40.9 Å². The van der Waals surface area contributed by atoms with Crippen molar-refractivity contribution >= 4 is 21.8 Å². The Morgan fingerprint density at radius 2 is 1.38 bits per heavy atom. The van der Waals surface area contributed by atoms with Crippen LogP contribution >= 0.6 is 0 Å². The summed E-state index contributed by atoms with van der Waals surface area (Å²) < 4.78 is 10.8. The number of aryl methyl sites for hydroxylation is 3. The second-order valence-corrected chi connectivity index (χ2v) is 14.2. The monoisotopic (exact) mass is 632 g/mol. The van der Waals surface area contributed by atoms with Gasteiger partial charge < -0.3 is 4.74 Å². The van der Waals surface area contributed by atoms with Crippen LogP contribution in [0.5, 0.6) is 11.5 Å². The Kier molecular flexibility index (Phi) is 8.38. The fourth-order valence-electron chi connectivity index (χ4n) is 7.07. The topological polar surface area (TPSA) is 44.9 Å². The standard InChI is InChI=1S/C43H44N4O/c1-27(2)16-32-18-30(6)19-33(17-28(3)4)43(32)34-25-45-46(26-34)35-20-31(7)21-37(23-35)48-36-12-13-39-38-10-8-9-11-40(38)47(41(39)24-36)42-22-29(5)14-15-44-42/h8-15,18-28H,16-17H2,1-7H3. The molecule has 5 heteroatoms. The Labute approximate surface area is 283 Å². The molecule has 0 saturated heterocycles. The average Bonchev–Trinajstić information content (AvgIpc) is 3.63. The molecule has 48 heavy (non-hydrogen) atoms. The van der Waals surface area contributed by atoms with Crippen molar-refractivity contribution in [1.29, 1.82) is 0 Å². The first kappa shape index (κ1) is 31.4. The zero-order valence-corrected chi connectivity index (χ0v) is 29.1. The van der Waals surface area contributed by atoms with Gasteiger partial charge in [-0.2, -0.15) is 5.10 Å². The van der Waals surface area contributed by atoms with Gasteiger partial charge >= 0.3 is 0 Å². The molecule has 7 aromatic rings. The molecule has 0 radical (unpaired) electrons. The van der Waals surface area contributed by atoms with E-state index in [1.807, 2.05) is 23.1 Å². The molecule has 242 valence electrons. The number of nitrogens with zero attached hydrogens (tertiary/aromatic N) is 4. The van der Waals surface area contributed by atoms with Gasteiger partial charge in [-0.3, -0.25) is 4.57 Å². The first-order valence-electron chi connectivity index (χ1n) is 17.1. The fourth-order valence-corrected chi connectivity index (χ4v) is 7.07. The van der Waals surface area contributed by atoms with E-state index in [4.69, 9.17) is 14.8 Å². The van der Waals surface area contributed by atoms with Gasteiger partial charge in [0.1, 0.15) is 17.3 Å². The summed E-state index contributed by atoms with van der Waals surface area (Å²) in [5, 5.41) is 7.24. The Hall–Kier alpha value is -5.16. The second-order valence-electron chi connectivity index (χ2n) is 14.2. The smallest absolute Gasteiger partial charge is 0.137 e. The molecule has 3 heterocycles. The molecule has 5 nitrogen and oxygen atoms in total. The molecule has 0 spiro atoms. The van der Waals surface area contributed by atoms with E-state index in [0.29, 0.717) is 11.8 Å². The number of hydrogen-bond acceptors (Lipinski definition) is 3. The number of hydrogen-bond donors (Lipinski definition) is 0. The number of rotatable bonds is 9. The maximum Gasteiger partial charge on any atom is 0.137 e. The van der Waals surface area contributed by atoms with Crippen LogP contribution in [0.1, 0.15) is 55.5 Å². The predicted molar refractivity (Wildman–Crippen MR) is 199 cm³/mol. The van der Waals surface area contributed by atoms with E-state index < -0.39 is 0 Å². The second kappa shape index (κ2) is 12.8. The SMILES string of the molecule is Cc1cc(Oc2ccc3c4ccccc4n(-c4cc(C)ccn4)c3c2)cc(-n2cc(-c3c(CC(C)C)cc(C)cc3CC(C)C)cn2)c1. The minimum Gasteiger partial charge on any atom is -0.457 e. The first-order chi connectivity index (χ1) is 23.1. The third kappa shape index (κ3) is 6.25. The summed E-state index contributed by atoms with van der Waals surface area (Å²) in [6, 6.07) is 30.0. The van der Waals surface area contributed by atoms with E-state index in [2.05, 4.69) is 138 Å². The van der Waals surface area contributed by atoms with E-state index in [1.54, 1.807) is 0 Å². The first-order valence-corrected chi connectivity index (χ1v) is 17.1. The molecule has 0 atom stereocenters. The highest BCUT2D eigenvalue weighted by atomic mass is 16.5. The highest BCUT2D eigenvalue weighted by molar-refractivity contribution is 6.09. The van der Waals surface area contributed by atoms with Crippen molar-refractivity contribution in [2.75, 3.05) is 0 Å². The van der Waals surface area contributed by atoms with Crippen molar-refractivity contribution in [3.8, 4) is 34.1 Å². The molecule has 0 N–H and O–H groups in total. The summed E-state index contributed by atoms with van der Waals surface area (Å²) in [6.07, 6.45) is 8.15.